The zero-order chi connectivity index (χ0) is 21.3. The summed E-state index contributed by atoms with van der Waals surface area (Å²) in [7, 11) is 0. The maximum absolute atomic E-state index is 12.6. The molecule has 3 aromatic carbocycles. The van der Waals surface area contributed by atoms with Gasteiger partial charge < -0.3 is 14.8 Å². The Kier molecular flexibility index (Phi) is 6.80. The van der Waals surface area contributed by atoms with Gasteiger partial charge in [0, 0.05) is 11.3 Å². The topological polar surface area (TPSA) is 88.4 Å². The molecule has 0 heterocycles. The number of carbonyl (C=O) groups excluding carboxylic acids is 2. The van der Waals surface area contributed by atoms with E-state index in [2.05, 4.69) is 5.32 Å². The van der Waals surface area contributed by atoms with Crippen LogP contribution >= 0.6 is 0 Å². The first-order valence-electron chi connectivity index (χ1n) is 9.34. The summed E-state index contributed by atoms with van der Waals surface area (Å²) in [5.41, 5.74) is 2.00. The van der Waals surface area contributed by atoms with Crippen molar-refractivity contribution < 1.29 is 19.1 Å². The third-order valence-electron chi connectivity index (χ3n) is 4.31. The summed E-state index contributed by atoms with van der Waals surface area (Å²) in [6.45, 7) is 1.70. The lowest BCUT2D eigenvalue weighted by atomic mass is 10.1. The molecule has 1 N–H and O–H groups in total. The first-order valence-corrected chi connectivity index (χ1v) is 9.34. The van der Waals surface area contributed by atoms with Gasteiger partial charge in [0.05, 0.1) is 17.2 Å². The van der Waals surface area contributed by atoms with E-state index in [0.29, 0.717) is 28.1 Å². The largest absolute Gasteiger partial charge is 0.489 e. The number of hydrogen-bond donors (Lipinski definition) is 1. The van der Waals surface area contributed by atoms with Gasteiger partial charge in [0.2, 0.25) is 0 Å². The molecule has 0 saturated carbocycles. The van der Waals surface area contributed by atoms with Crippen LogP contribution in [-0.2, 0) is 16.1 Å². The lowest BCUT2D eigenvalue weighted by Crippen LogP contribution is -2.30. The third-order valence-corrected chi connectivity index (χ3v) is 4.31. The van der Waals surface area contributed by atoms with Crippen LogP contribution in [0.2, 0.25) is 0 Å². The molecule has 0 fully saturated rings. The molecule has 0 aromatic heterocycles. The highest BCUT2D eigenvalue weighted by Gasteiger charge is 2.21. The Morgan fingerprint density at radius 2 is 1.63 bits per heavy atom. The van der Waals surface area contributed by atoms with E-state index in [0.717, 1.165) is 0 Å². The van der Waals surface area contributed by atoms with Crippen LogP contribution in [0.1, 0.15) is 28.4 Å². The number of rotatable bonds is 7. The van der Waals surface area contributed by atoms with Crippen molar-refractivity contribution in [3.63, 3.8) is 0 Å². The summed E-state index contributed by atoms with van der Waals surface area (Å²) in [6, 6.07) is 24.6. The number of nitrogens with zero attached hydrogens (tertiary/aromatic N) is 1. The van der Waals surface area contributed by atoms with Crippen molar-refractivity contribution in [2.24, 2.45) is 0 Å². The molecular weight excluding hydrogens is 380 g/mol. The summed E-state index contributed by atoms with van der Waals surface area (Å²) < 4.78 is 11.1. The number of nitriles is 1. The Bertz CT molecular complexity index is 1060. The van der Waals surface area contributed by atoms with E-state index < -0.39 is 18.0 Å². The highest BCUT2D eigenvalue weighted by molar-refractivity contribution is 5.97. The number of nitrogens with one attached hydrogen (secondary N) is 1. The van der Waals surface area contributed by atoms with Gasteiger partial charge in [-0.3, -0.25) is 4.79 Å². The van der Waals surface area contributed by atoms with Crippen molar-refractivity contribution in [1.82, 2.24) is 0 Å². The number of hydrogen-bond acceptors (Lipinski definition) is 5. The Labute approximate surface area is 174 Å². The number of anilines is 1. The number of benzene rings is 3. The van der Waals surface area contributed by atoms with Gasteiger partial charge in [0.25, 0.3) is 5.91 Å². The van der Waals surface area contributed by atoms with Gasteiger partial charge in [-0.25, -0.2) is 4.79 Å². The zero-order valence-corrected chi connectivity index (χ0v) is 16.4. The molecule has 0 spiro atoms. The molecule has 3 rings (SSSR count). The summed E-state index contributed by atoms with van der Waals surface area (Å²) in [5, 5.41) is 11.5. The number of para-hydroxylation sites is 1. The van der Waals surface area contributed by atoms with Crippen LogP contribution in [0.3, 0.4) is 0 Å². The smallest absolute Gasteiger partial charge is 0.339 e. The molecule has 3 aromatic rings. The number of esters is 1. The van der Waals surface area contributed by atoms with Crippen LogP contribution in [0.15, 0.2) is 78.9 Å². The summed E-state index contributed by atoms with van der Waals surface area (Å²) >= 11 is 0. The maximum Gasteiger partial charge on any atom is 0.339 e. The zero-order valence-electron chi connectivity index (χ0n) is 16.4. The van der Waals surface area contributed by atoms with Crippen molar-refractivity contribution in [1.29, 1.82) is 5.26 Å². The molecule has 150 valence electrons. The van der Waals surface area contributed by atoms with Crippen molar-refractivity contribution in [3.05, 3.63) is 95.6 Å². The van der Waals surface area contributed by atoms with E-state index in [-0.39, 0.29) is 6.61 Å². The van der Waals surface area contributed by atoms with Gasteiger partial charge in [-0.1, -0.05) is 36.4 Å². The Morgan fingerprint density at radius 3 is 2.33 bits per heavy atom. The van der Waals surface area contributed by atoms with E-state index in [4.69, 9.17) is 14.7 Å². The fourth-order valence-corrected chi connectivity index (χ4v) is 2.67. The van der Waals surface area contributed by atoms with E-state index in [9.17, 15) is 9.59 Å². The molecule has 1 unspecified atom stereocenters. The second-order valence-corrected chi connectivity index (χ2v) is 6.48. The lowest BCUT2D eigenvalue weighted by Gasteiger charge is -2.15. The molecule has 0 radical (unpaired) electrons. The molecule has 0 aliphatic heterocycles. The second kappa shape index (κ2) is 9.89. The average Bonchev–Trinajstić information content (AvgIpc) is 2.79. The van der Waals surface area contributed by atoms with Gasteiger partial charge in [0.1, 0.15) is 12.4 Å². The molecule has 0 aliphatic rings. The first-order chi connectivity index (χ1) is 14.6. The van der Waals surface area contributed by atoms with Crippen LogP contribution in [0.5, 0.6) is 5.75 Å². The Hall–Kier alpha value is -4.11. The lowest BCUT2D eigenvalue weighted by molar-refractivity contribution is -0.123. The van der Waals surface area contributed by atoms with E-state index in [1.165, 1.54) is 6.92 Å². The molecule has 0 bridgehead atoms. The molecule has 1 atom stereocenters. The molecule has 0 aliphatic carbocycles. The highest BCUT2D eigenvalue weighted by Crippen LogP contribution is 2.17. The van der Waals surface area contributed by atoms with Crippen LogP contribution in [0.25, 0.3) is 0 Å². The predicted octanol–water partition coefficient (Wildman–Crippen LogP) is 4.32. The minimum absolute atomic E-state index is 0.196. The van der Waals surface area contributed by atoms with Crippen molar-refractivity contribution in [2.75, 3.05) is 5.32 Å². The van der Waals surface area contributed by atoms with E-state index >= 15 is 0 Å². The number of ether oxygens (including phenoxy) is 2. The van der Waals surface area contributed by atoms with Crippen molar-refractivity contribution in [2.45, 2.75) is 19.6 Å². The quantitative estimate of drug-likeness (QED) is 0.597. The van der Waals surface area contributed by atoms with Gasteiger partial charge in [-0.15, -0.1) is 0 Å². The first kappa shape index (κ1) is 20.6. The normalized spacial score (nSPS) is 11.1. The van der Waals surface area contributed by atoms with E-state index in [1.807, 2.05) is 42.5 Å². The minimum atomic E-state index is -1.00. The highest BCUT2D eigenvalue weighted by atomic mass is 16.5. The van der Waals surface area contributed by atoms with Gasteiger partial charge in [-0.05, 0) is 49.4 Å². The second-order valence-electron chi connectivity index (χ2n) is 6.48. The summed E-state index contributed by atoms with van der Waals surface area (Å²) in [5.74, 6) is -0.383. The van der Waals surface area contributed by atoms with Crippen LogP contribution in [-0.4, -0.2) is 18.0 Å². The number of amides is 1. The maximum atomic E-state index is 12.6. The monoisotopic (exact) mass is 400 g/mol. The molecule has 30 heavy (non-hydrogen) atoms. The SMILES string of the molecule is CC(OC(=O)c1ccccc1COc1ccccc1)C(=O)Nc1ccc(C#N)cc1. The fraction of sp³-hybridized carbons (Fsp3) is 0.125. The molecule has 1 amide bonds. The Balaban J connectivity index is 1.61. The van der Waals surface area contributed by atoms with Crippen LogP contribution < -0.4 is 10.1 Å². The van der Waals surface area contributed by atoms with Gasteiger partial charge in [0.15, 0.2) is 6.10 Å². The molecule has 6 heteroatoms. The van der Waals surface area contributed by atoms with Gasteiger partial charge in [-0.2, -0.15) is 5.26 Å². The molecular formula is C24H20N2O4. The van der Waals surface area contributed by atoms with Crippen LogP contribution in [0.4, 0.5) is 5.69 Å². The van der Waals surface area contributed by atoms with Crippen molar-refractivity contribution in [3.8, 4) is 11.8 Å². The Morgan fingerprint density at radius 1 is 0.967 bits per heavy atom. The standard InChI is InChI=1S/C24H20N2O4/c1-17(23(27)26-20-13-11-18(15-25)12-14-20)30-24(28)22-10-6-5-7-19(22)16-29-21-8-3-2-4-9-21/h2-14,17H,16H2,1H3,(H,26,27). The van der Waals surface area contributed by atoms with Crippen molar-refractivity contribution >= 4 is 17.6 Å². The third kappa shape index (κ3) is 5.46. The fourth-order valence-electron chi connectivity index (χ4n) is 2.67. The van der Waals surface area contributed by atoms with E-state index in [1.54, 1.807) is 42.5 Å². The van der Waals surface area contributed by atoms with Crippen LogP contribution in [0, 0.1) is 11.3 Å². The number of carbonyl (C=O) groups is 2. The minimum Gasteiger partial charge on any atom is -0.489 e. The summed E-state index contributed by atoms with van der Waals surface area (Å²) in [4.78, 5) is 25.0. The summed E-state index contributed by atoms with van der Waals surface area (Å²) in [6.07, 6.45) is -1.00. The molecule has 0 saturated heterocycles. The predicted molar refractivity (Wildman–Crippen MR) is 112 cm³/mol. The molecule has 6 nitrogen and oxygen atoms in total. The average molecular weight is 400 g/mol. The van der Waals surface area contributed by atoms with Gasteiger partial charge >= 0.3 is 5.97 Å².